The number of carbonyl (C=O) groups excluding carboxylic acids is 1. The highest BCUT2D eigenvalue weighted by molar-refractivity contribution is 7.17. The molecular formula is C18H19N3OS. The van der Waals surface area contributed by atoms with Gasteiger partial charge >= 0.3 is 0 Å². The Morgan fingerprint density at radius 2 is 2.13 bits per heavy atom. The Hall–Kier alpha value is -2.14. The Bertz CT molecular complexity index is 879. The van der Waals surface area contributed by atoms with Crippen LogP contribution in [0.4, 0.5) is 0 Å². The first kappa shape index (κ1) is 14.5. The normalized spacial score (nSPS) is 18.0. The number of carbonyl (C=O) groups is 1. The zero-order valence-corrected chi connectivity index (χ0v) is 14.1. The van der Waals surface area contributed by atoms with Crippen LogP contribution in [0.1, 0.15) is 34.2 Å². The topological polar surface area (TPSA) is 38.1 Å². The Balaban J connectivity index is 1.54. The van der Waals surface area contributed by atoms with Gasteiger partial charge in [-0.25, -0.2) is 0 Å². The van der Waals surface area contributed by atoms with Crippen molar-refractivity contribution in [2.24, 2.45) is 0 Å². The summed E-state index contributed by atoms with van der Waals surface area (Å²) in [6, 6.07) is 10.4. The third-order valence-electron chi connectivity index (χ3n) is 4.54. The van der Waals surface area contributed by atoms with E-state index in [1.165, 1.54) is 10.4 Å². The van der Waals surface area contributed by atoms with Crippen molar-refractivity contribution in [2.75, 3.05) is 13.1 Å². The first-order chi connectivity index (χ1) is 11.1. The minimum absolute atomic E-state index is 0.127. The van der Waals surface area contributed by atoms with Gasteiger partial charge in [0.25, 0.3) is 5.91 Å². The molecule has 1 aromatic carbocycles. The lowest BCUT2D eigenvalue weighted by atomic mass is 10.1. The number of benzene rings is 1. The lowest BCUT2D eigenvalue weighted by Crippen LogP contribution is -2.29. The van der Waals surface area contributed by atoms with Gasteiger partial charge in [-0.05, 0) is 61.4 Å². The molecule has 1 fully saturated rings. The number of hydrogen-bond donors (Lipinski definition) is 0. The molecule has 1 atom stereocenters. The van der Waals surface area contributed by atoms with E-state index in [1.807, 2.05) is 30.0 Å². The summed E-state index contributed by atoms with van der Waals surface area (Å²) >= 11 is 1.71. The van der Waals surface area contributed by atoms with E-state index in [0.29, 0.717) is 0 Å². The minimum Gasteiger partial charge on any atom is -0.336 e. The van der Waals surface area contributed by atoms with Crippen molar-refractivity contribution in [2.45, 2.75) is 26.3 Å². The van der Waals surface area contributed by atoms with E-state index in [0.717, 1.165) is 36.2 Å². The van der Waals surface area contributed by atoms with Crippen molar-refractivity contribution in [1.82, 2.24) is 14.7 Å². The second kappa shape index (κ2) is 5.49. The SMILES string of the molecule is Cc1cc(C)n(C2CCN(C(=O)c3ccc4sccc4c3)C2)n1. The zero-order valence-electron chi connectivity index (χ0n) is 13.3. The van der Waals surface area contributed by atoms with E-state index in [4.69, 9.17) is 0 Å². The summed E-state index contributed by atoms with van der Waals surface area (Å²) in [5, 5.41) is 7.78. The molecule has 1 aliphatic rings. The van der Waals surface area contributed by atoms with E-state index < -0.39 is 0 Å². The monoisotopic (exact) mass is 325 g/mol. The molecule has 0 N–H and O–H groups in total. The number of thiophene rings is 1. The molecule has 5 heteroatoms. The Morgan fingerprint density at radius 1 is 1.26 bits per heavy atom. The van der Waals surface area contributed by atoms with E-state index in [9.17, 15) is 4.79 Å². The van der Waals surface area contributed by atoms with Crippen LogP contribution >= 0.6 is 11.3 Å². The molecule has 4 nitrogen and oxygen atoms in total. The van der Waals surface area contributed by atoms with Crippen molar-refractivity contribution < 1.29 is 4.79 Å². The van der Waals surface area contributed by atoms with Gasteiger partial charge in [-0.2, -0.15) is 5.10 Å². The van der Waals surface area contributed by atoms with Crippen LogP contribution in [0.3, 0.4) is 0 Å². The van der Waals surface area contributed by atoms with Crippen LogP contribution in [0.2, 0.25) is 0 Å². The van der Waals surface area contributed by atoms with Crippen molar-refractivity contribution in [3.05, 3.63) is 52.7 Å². The van der Waals surface area contributed by atoms with Gasteiger partial charge in [0.2, 0.25) is 0 Å². The molecule has 0 bridgehead atoms. The molecular weight excluding hydrogens is 306 g/mol. The first-order valence-corrected chi connectivity index (χ1v) is 8.79. The molecule has 0 radical (unpaired) electrons. The number of nitrogens with zero attached hydrogens (tertiary/aromatic N) is 3. The Labute approximate surface area is 139 Å². The van der Waals surface area contributed by atoms with Gasteiger partial charge in [-0.3, -0.25) is 9.48 Å². The fraction of sp³-hybridized carbons (Fsp3) is 0.333. The molecule has 1 amide bonds. The Kier molecular flexibility index (Phi) is 3.45. The maximum absolute atomic E-state index is 12.8. The minimum atomic E-state index is 0.127. The molecule has 1 aliphatic heterocycles. The number of hydrogen-bond acceptors (Lipinski definition) is 3. The summed E-state index contributed by atoms with van der Waals surface area (Å²) in [4.78, 5) is 14.7. The quantitative estimate of drug-likeness (QED) is 0.719. The summed E-state index contributed by atoms with van der Waals surface area (Å²) < 4.78 is 3.30. The lowest BCUT2D eigenvalue weighted by Gasteiger charge is -2.17. The number of aromatic nitrogens is 2. The molecule has 4 rings (SSSR count). The van der Waals surface area contributed by atoms with Crippen LogP contribution in [-0.4, -0.2) is 33.7 Å². The molecule has 0 saturated carbocycles. The molecule has 0 spiro atoms. The standard InChI is InChI=1S/C18H19N3OS/c1-12-9-13(2)21(19-12)16-5-7-20(11-16)18(22)15-3-4-17-14(10-15)6-8-23-17/h3-4,6,8-10,16H,5,7,11H2,1-2H3. The zero-order chi connectivity index (χ0) is 16.0. The highest BCUT2D eigenvalue weighted by Gasteiger charge is 2.29. The molecule has 1 unspecified atom stereocenters. The van der Waals surface area contributed by atoms with E-state index >= 15 is 0 Å². The number of likely N-dealkylation sites (tertiary alicyclic amines) is 1. The van der Waals surface area contributed by atoms with Gasteiger partial charge < -0.3 is 4.90 Å². The maximum Gasteiger partial charge on any atom is 0.253 e. The van der Waals surface area contributed by atoms with Crippen molar-refractivity contribution in [1.29, 1.82) is 0 Å². The van der Waals surface area contributed by atoms with Crippen LogP contribution < -0.4 is 0 Å². The average molecular weight is 325 g/mol. The fourth-order valence-corrected chi connectivity index (χ4v) is 4.19. The number of amides is 1. The van der Waals surface area contributed by atoms with Gasteiger partial charge in [0.1, 0.15) is 0 Å². The first-order valence-electron chi connectivity index (χ1n) is 7.91. The van der Waals surface area contributed by atoms with Gasteiger partial charge in [-0.15, -0.1) is 11.3 Å². The molecule has 2 aromatic heterocycles. The second-order valence-corrected chi connectivity index (χ2v) is 7.19. The molecule has 1 saturated heterocycles. The lowest BCUT2D eigenvalue weighted by molar-refractivity contribution is 0.0787. The van der Waals surface area contributed by atoms with Gasteiger partial charge in [0.15, 0.2) is 0 Å². The summed E-state index contributed by atoms with van der Waals surface area (Å²) in [5.41, 5.74) is 2.99. The molecule has 0 aliphatic carbocycles. The van der Waals surface area contributed by atoms with Crippen LogP contribution in [-0.2, 0) is 0 Å². The summed E-state index contributed by atoms with van der Waals surface area (Å²) in [7, 11) is 0. The number of fused-ring (bicyclic) bond motifs is 1. The van der Waals surface area contributed by atoms with Gasteiger partial charge in [0.05, 0.1) is 11.7 Å². The van der Waals surface area contributed by atoms with E-state index in [2.05, 4.69) is 34.2 Å². The van der Waals surface area contributed by atoms with Crippen LogP contribution in [0.25, 0.3) is 10.1 Å². The molecule has 23 heavy (non-hydrogen) atoms. The van der Waals surface area contributed by atoms with Gasteiger partial charge in [0, 0.05) is 29.0 Å². The van der Waals surface area contributed by atoms with Crippen LogP contribution in [0, 0.1) is 13.8 Å². The third kappa shape index (κ3) is 2.55. The smallest absolute Gasteiger partial charge is 0.253 e. The van der Waals surface area contributed by atoms with Crippen molar-refractivity contribution in [3.63, 3.8) is 0 Å². The molecule has 3 aromatic rings. The van der Waals surface area contributed by atoms with Crippen molar-refractivity contribution >= 4 is 27.3 Å². The maximum atomic E-state index is 12.8. The summed E-state index contributed by atoms with van der Waals surface area (Å²) in [6.45, 7) is 5.62. The summed E-state index contributed by atoms with van der Waals surface area (Å²) in [5.74, 6) is 0.127. The predicted molar refractivity (Wildman–Crippen MR) is 93.1 cm³/mol. The average Bonchev–Trinajstić information content (AvgIpc) is 3.24. The van der Waals surface area contributed by atoms with E-state index in [1.54, 1.807) is 11.3 Å². The number of rotatable bonds is 2. The van der Waals surface area contributed by atoms with Crippen LogP contribution in [0.5, 0.6) is 0 Å². The molecule has 118 valence electrons. The predicted octanol–water partition coefficient (Wildman–Crippen LogP) is 3.80. The van der Waals surface area contributed by atoms with E-state index in [-0.39, 0.29) is 11.9 Å². The third-order valence-corrected chi connectivity index (χ3v) is 5.44. The van der Waals surface area contributed by atoms with Crippen LogP contribution in [0.15, 0.2) is 35.7 Å². The highest BCUT2D eigenvalue weighted by Crippen LogP contribution is 2.26. The largest absolute Gasteiger partial charge is 0.336 e. The Morgan fingerprint density at radius 3 is 2.91 bits per heavy atom. The van der Waals surface area contributed by atoms with Gasteiger partial charge in [-0.1, -0.05) is 0 Å². The molecule has 3 heterocycles. The highest BCUT2D eigenvalue weighted by atomic mass is 32.1. The van der Waals surface area contributed by atoms with Crippen molar-refractivity contribution in [3.8, 4) is 0 Å². The second-order valence-electron chi connectivity index (χ2n) is 6.24. The fourth-order valence-electron chi connectivity index (χ4n) is 3.42. The summed E-state index contributed by atoms with van der Waals surface area (Å²) in [6.07, 6.45) is 0.967. The number of aryl methyl sites for hydroxylation is 2.